The highest BCUT2D eigenvalue weighted by molar-refractivity contribution is 5.98. The highest BCUT2D eigenvalue weighted by Gasteiger charge is 2.25. The van der Waals surface area contributed by atoms with Gasteiger partial charge in [-0.2, -0.15) is 0 Å². The Kier molecular flexibility index (Phi) is 3.83. The van der Waals surface area contributed by atoms with E-state index in [1.165, 1.54) is 12.1 Å². The zero-order valence-corrected chi connectivity index (χ0v) is 14.6. The number of fused-ring (bicyclic) bond motifs is 2. The number of amides is 1. The van der Waals surface area contributed by atoms with Crippen molar-refractivity contribution in [2.45, 2.75) is 19.3 Å². The summed E-state index contributed by atoms with van der Waals surface area (Å²) in [6.45, 7) is 4.72. The Bertz CT molecular complexity index is 994. The second-order valence-corrected chi connectivity index (χ2v) is 7.02. The van der Waals surface area contributed by atoms with Crippen LogP contribution in [0.25, 0.3) is 10.9 Å². The quantitative estimate of drug-likeness (QED) is 0.750. The second-order valence-electron chi connectivity index (χ2n) is 7.02. The number of nitrogens with one attached hydrogen (secondary N) is 2. The molecular weight excluding hydrogens is 335 g/mol. The average Bonchev–Trinajstić information content (AvgIpc) is 3.26. The molecule has 5 nitrogen and oxygen atoms in total. The number of aromatic amines is 1. The van der Waals surface area contributed by atoms with Gasteiger partial charge in [0.15, 0.2) is 11.5 Å². The molecule has 0 atom stereocenters. The van der Waals surface area contributed by atoms with Crippen LogP contribution in [-0.2, 0) is 5.41 Å². The Morgan fingerprint density at radius 1 is 1.19 bits per heavy atom. The zero-order chi connectivity index (χ0) is 18.3. The first-order chi connectivity index (χ1) is 12.4. The summed E-state index contributed by atoms with van der Waals surface area (Å²) < 4.78 is 24.6. The van der Waals surface area contributed by atoms with Crippen LogP contribution in [0.15, 0.2) is 42.5 Å². The third-order valence-electron chi connectivity index (χ3n) is 4.70. The van der Waals surface area contributed by atoms with E-state index >= 15 is 0 Å². The normalized spacial score (nSPS) is 13.2. The fraction of sp³-hybridized carbons (Fsp3) is 0.250. The fourth-order valence-electron chi connectivity index (χ4n) is 3.06. The van der Waals surface area contributed by atoms with E-state index in [1.807, 2.05) is 32.0 Å². The zero-order valence-electron chi connectivity index (χ0n) is 14.6. The Morgan fingerprint density at radius 2 is 2.00 bits per heavy atom. The Balaban J connectivity index is 1.49. The maximum Gasteiger partial charge on any atom is 0.267 e. The smallest absolute Gasteiger partial charge is 0.267 e. The first kappa shape index (κ1) is 16.4. The van der Waals surface area contributed by atoms with Crippen LogP contribution in [0.3, 0.4) is 0 Å². The minimum atomic E-state index is -0.349. The van der Waals surface area contributed by atoms with E-state index in [0.717, 1.165) is 11.3 Å². The van der Waals surface area contributed by atoms with Crippen LogP contribution in [0.4, 0.5) is 4.39 Å². The summed E-state index contributed by atoms with van der Waals surface area (Å²) in [4.78, 5) is 15.4. The predicted molar refractivity (Wildman–Crippen MR) is 96.2 cm³/mol. The Hall–Kier alpha value is -3.02. The molecule has 3 aromatic rings. The largest absolute Gasteiger partial charge is 0.454 e. The van der Waals surface area contributed by atoms with Gasteiger partial charge in [0.05, 0.1) is 0 Å². The number of aromatic nitrogens is 1. The third kappa shape index (κ3) is 2.87. The Morgan fingerprint density at radius 3 is 2.81 bits per heavy atom. The molecule has 0 radical (unpaired) electrons. The minimum absolute atomic E-state index is 0.229. The molecule has 0 bridgehead atoms. The number of hydrogen-bond donors (Lipinski definition) is 2. The predicted octanol–water partition coefficient (Wildman–Crippen LogP) is 3.74. The van der Waals surface area contributed by atoms with Crippen LogP contribution in [0, 0.1) is 5.82 Å². The van der Waals surface area contributed by atoms with E-state index < -0.39 is 0 Å². The van der Waals surface area contributed by atoms with Crippen molar-refractivity contribution in [1.82, 2.24) is 10.3 Å². The molecule has 1 aliphatic heterocycles. The summed E-state index contributed by atoms with van der Waals surface area (Å²) in [5.74, 6) is 0.828. The van der Waals surface area contributed by atoms with Gasteiger partial charge in [0.25, 0.3) is 5.91 Å². The number of carbonyl (C=O) groups excluding carboxylic acids is 1. The van der Waals surface area contributed by atoms with Crippen LogP contribution in [0.1, 0.15) is 29.9 Å². The van der Waals surface area contributed by atoms with Gasteiger partial charge >= 0.3 is 0 Å². The van der Waals surface area contributed by atoms with Crippen molar-refractivity contribution in [3.8, 4) is 11.5 Å². The molecule has 134 valence electrons. The summed E-state index contributed by atoms with van der Waals surface area (Å²) in [6.07, 6.45) is 0. The lowest BCUT2D eigenvalue weighted by molar-refractivity contribution is 0.0941. The molecule has 0 fully saturated rings. The molecule has 0 saturated heterocycles. The lowest BCUT2D eigenvalue weighted by Crippen LogP contribution is -2.36. The van der Waals surface area contributed by atoms with Crippen molar-refractivity contribution in [2.24, 2.45) is 0 Å². The number of hydrogen-bond acceptors (Lipinski definition) is 3. The van der Waals surface area contributed by atoms with Gasteiger partial charge < -0.3 is 19.8 Å². The second kappa shape index (κ2) is 6.05. The molecule has 6 heteroatoms. The number of carbonyl (C=O) groups is 1. The molecule has 0 saturated carbocycles. The van der Waals surface area contributed by atoms with Gasteiger partial charge in [0.2, 0.25) is 6.79 Å². The number of halogens is 1. The van der Waals surface area contributed by atoms with Crippen LogP contribution in [0.5, 0.6) is 11.5 Å². The van der Waals surface area contributed by atoms with E-state index in [-0.39, 0.29) is 23.9 Å². The van der Waals surface area contributed by atoms with Crippen molar-refractivity contribution >= 4 is 16.8 Å². The van der Waals surface area contributed by atoms with E-state index in [4.69, 9.17) is 9.47 Å². The van der Waals surface area contributed by atoms with E-state index in [9.17, 15) is 9.18 Å². The van der Waals surface area contributed by atoms with Crippen LogP contribution < -0.4 is 14.8 Å². The lowest BCUT2D eigenvalue weighted by Gasteiger charge is -2.25. The topological polar surface area (TPSA) is 63.4 Å². The molecule has 0 spiro atoms. The summed E-state index contributed by atoms with van der Waals surface area (Å²) in [6, 6.07) is 12.0. The van der Waals surface area contributed by atoms with Gasteiger partial charge in [-0.25, -0.2) is 4.39 Å². The van der Waals surface area contributed by atoms with Crippen LogP contribution in [0.2, 0.25) is 0 Å². The molecule has 4 rings (SSSR count). The molecule has 26 heavy (non-hydrogen) atoms. The molecule has 0 unspecified atom stereocenters. The molecule has 2 heterocycles. The van der Waals surface area contributed by atoms with E-state index in [2.05, 4.69) is 10.3 Å². The maximum atomic E-state index is 13.8. The van der Waals surface area contributed by atoms with Crippen LogP contribution >= 0.6 is 0 Å². The summed E-state index contributed by atoms with van der Waals surface area (Å²) in [5, 5.41) is 3.33. The average molecular weight is 354 g/mol. The lowest BCUT2D eigenvalue weighted by atomic mass is 9.84. The molecule has 0 aliphatic carbocycles. The summed E-state index contributed by atoms with van der Waals surface area (Å²) >= 11 is 0. The van der Waals surface area contributed by atoms with Crippen molar-refractivity contribution in [1.29, 1.82) is 0 Å². The van der Waals surface area contributed by atoms with E-state index in [0.29, 0.717) is 28.9 Å². The number of ether oxygens (including phenoxy) is 2. The standard InChI is InChI=1S/C20H19FN2O3/c1-20(2,12-6-7-17-18(8-12)26-11-25-17)10-22-19(24)16-9-13-14(21)4-3-5-15(13)23-16/h3-9,23H,10-11H2,1-2H3,(H,22,24). The van der Waals surface area contributed by atoms with Gasteiger partial charge in [0.1, 0.15) is 11.5 Å². The molecule has 2 aromatic carbocycles. The third-order valence-corrected chi connectivity index (χ3v) is 4.70. The summed E-state index contributed by atoms with van der Waals surface area (Å²) in [7, 11) is 0. The van der Waals surface area contributed by atoms with Gasteiger partial charge in [-0.15, -0.1) is 0 Å². The van der Waals surface area contributed by atoms with Crippen molar-refractivity contribution in [2.75, 3.05) is 13.3 Å². The number of rotatable bonds is 4. The highest BCUT2D eigenvalue weighted by atomic mass is 19.1. The molecule has 2 N–H and O–H groups in total. The SMILES string of the molecule is CC(C)(CNC(=O)c1cc2c(F)cccc2[nH]1)c1ccc2c(c1)OCO2. The van der Waals surface area contributed by atoms with Crippen molar-refractivity contribution in [3.63, 3.8) is 0 Å². The molecule has 1 aromatic heterocycles. The van der Waals surface area contributed by atoms with Crippen molar-refractivity contribution in [3.05, 3.63) is 59.5 Å². The number of benzene rings is 2. The van der Waals surface area contributed by atoms with Gasteiger partial charge in [0, 0.05) is 22.9 Å². The fourth-order valence-corrected chi connectivity index (χ4v) is 3.06. The van der Waals surface area contributed by atoms with Gasteiger partial charge in [-0.3, -0.25) is 4.79 Å². The minimum Gasteiger partial charge on any atom is -0.454 e. The summed E-state index contributed by atoms with van der Waals surface area (Å²) in [5.41, 5.74) is 1.66. The number of H-pyrrole nitrogens is 1. The monoisotopic (exact) mass is 354 g/mol. The van der Waals surface area contributed by atoms with Crippen LogP contribution in [-0.4, -0.2) is 24.2 Å². The Labute approximate surface area is 150 Å². The highest BCUT2D eigenvalue weighted by Crippen LogP contribution is 2.36. The van der Waals surface area contributed by atoms with Gasteiger partial charge in [-0.05, 0) is 35.9 Å². The first-order valence-corrected chi connectivity index (χ1v) is 8.40. The van der Waals surface area contributed by atoms with Gasteiger partial charge in [-0.1, -0.05) is 26.0 Å². The van der Waals surface area contributed by atoms with E-state index in [1.54, 1.807) is 12.1 Å². The van der Waals surface area contributed by atoms with Crippen molar-refractivity contribution < 1.29 is 18.7 Å². The molecule has 1 aliphatic rings. The maximum absolute atomic E-state index is 13.8. The molecule has 1 amide bonds. The molecular formula is C20H19FN2O3. The first-order valence-electron chi connectivity index (χ1n) is 8.40.